The van der Waals surface area contributed by atoms with Gasteiger partial charge in [-0.25, -0.2) is 4.68 Å². The molecule has 1 aromatic heterocycles. The van der Waals surface area contributed by atoms with E-state index < -0.39 is 11.8 Å². The molecule has 3 aromatic rings. The normalized spacial score (nSPS) is 15.3. The van der Waals surface area contributed by atoms with Gasteiger partial charge in [-0.1, -0.05) is 36.4 Å². The average molecular weight is 362 g/mol. The van der Waals surface area contributed by atoms with Gasteiger partial charge in [0.05, 0.1) is 36.4 Å². The predicted octanol–water partition coefficient (Wildman–Crippen LogP) is 2.45. The molecular weight excluding hydrogens is 344 g/mol. The highest BCUT2D eigenvalue weighted by atomic mass is 16.5. The molecule has 1 atom stereocenters. The fraction of sp³-hybridized carbons (Fsp3) is 0.150. The van der Waals surface area contributed by atoms with Crippen molar-refractivity contribution < 1.29 is 14.3 Å². The molecule has 2 aromatic carbocycles. The molecule has 7 heteroatoms. The zero-order chi connectivity index (χ0) is 18.6. The van der Waals surface area contributed by atoms with Crippen LogP contribution < -0.4 is 15.4 Å². The number of rotatable bonds is 3. The van der Waals surface area contributed by atoms with Crippen LogP contribution in [0.15, 0.2) is 67.0 Å². The molecule has 0 radical (unpaired) electrons. The first-order valence-electron chi connectivity index (χ1n) is 8.64. The molecule has 2 amide bonds. The monoisotopic (exact) mass is 362 g/mol. The van der Waals surface area contributed by atoms with Gasteiger partial charge in [0.15, 0.2) is 0 Å². The van der Waals surface area contributed by atoms with Crippen LogP contribution in [0.1, 0.15) is 18.0 Å². The molecule has 0 saturated heterocycles. The van der Waals surface area contributed by atoms with E-state index in [-0.39, 0.29) is 6.04 Å². The minimum atomic E-state index is -0.730. The molecule has 4 rings (SSSR count). The van der Waals surface area contributed by atoms with E-state index in [0.29, 0.717) is 18.7 Å². The van der Waals surface area contributed by atoms with E-state index in [1.54, 1.807) is 10.9 Å². The topological polar surface area (TPSA) is 85.2 Å². The molecule has 0 bridgehead atoms. The zero-order valence-corrected chi connectivity index (χ0v) is 14.5. The van der Waals surface area contributed by atoms with E-state index in [0.717, 1.165) is 17.0 Å². The summed E-state index contributed by atoms with van der Waals surface area (Å²) in [5, 5.41) is 9.55. The van der Waals surface area contributed by atoms with Crippen molar-refractivity contribution in [3.8, 4) is 11.4 Å². The van der Waals surface area contributed by atoms with Gasteiger partial charge in [0.25, 0.3) is 0 Å². The van der Waals surface area contributed by atoms with Crippen LogP contribution in [0.2, 0.25) is 0 Å². The molecule has 0 unspecified atom stereocenters. The summed E-state index contributed by atoms with van der Waals surface area (Å²) in [6.45, 7) is 0.493. The van der Waals surface area contributed by atoms with Gasteiger partial charge in [-0.3, -0.25) is 9.59 Å². The van der Waals surface area contributed by atoms with Gasteiger partial charge in [-0.05, 0) is 18.2 Å². The van der Waals surface area contributed by atoms with E-state index >= 15 is 0 Å². The van der Waals surface area contributed by atoms with E-state index in [4.69, 9.17) is 4.74 Å². The number of ether oxygens (including phenoxy) is 1. The van der Waals surface area contributed by atoms with Crippen LogP contribution in [-0.4, -0.2) is 28.2 Å². The summed E-state index contributed by atoms with van der Waals surface area (Å²) in [5.41, 5.74) is 2.19. The van der Waals surface area contributed by atoms with E-state index in [9.17, 15) is 9.59 Å². The third-order valence-electron chi connectivity index (χ3n) is 4.33. The van der Waals surface area contributed by atoms with Crippen LogP contribution >= 0.6 is 0 Å². The first-order chi connectivity index (χ1) is 13.2. The second kappa shape index (κ2) is 7.33. The molecule has 0 spiro atoms. The fourth-order valence-corrected chi connectivity index (χ4v) is 3.01. The van der Waals surface area contributed by atoms with E-state index in [2.05, 4.69) is 15.7 Å². The van der Waals surface area contributed by atoms with Crippen molar-refractivity contribution in [1.82, 2.24) is 15.1 Å². The lowest BCUT2D eigenvalue weighted by Gasteiger charge is -2.26. The molecule has 27 heavy (non-hydrogen) atoms. The van der Waals surface area contributed by atoms with Gasteiger partial charge >= 0.3 is 11.8 Å². The number of aromatic nitrogens is 2. The first kappa shape index (κ1) is 16.8. The van der Waals surface area contributed by atoms with Crippen LogP contribution in [0.3, 0.4) is 0 Å². The highest BCUT2D eigenvalue weighted by Gasteiger charge is 2.25. The van der Waals surface area contributed by atoms with Crippen LogP contribution in [0.25, 0.3) is 5.69 Å². The van der Waals surface area contributed by atoms with Crippen LogP contribution in [0.4, 0.5) is 5.69 Å². The molecular formula is C20H18N4O3. The number of benzene rings is 2. The molecule has 1 aliphatic rings. The van der Waals surface area contributed by atoms with E-state index in [1.165, 1.54) is 6.20 Å². The summed E-state index contributed by atoms with van der Waals surface area (Å²) in [4.78, 5) is 24.6. The number of nitrogens with zero attached hydrogens (tertiary/aromatic N) is 2. The second-order valence-electron chi connectivity index (χ2n) is 6.16. The summed E-state index contributed by atoms with van der Waals surface area (Å²) in [6, 6.07) is 16.7. The maximum atomic E-state index is 12.3. The lowest BCUT2D eigenvalue weighted by Crippen LogP contribution is -2.39. The van der Waals surface area contributed by atoms with Gasteiger partial charge in [-0.2, -0.15) is 5.10 Å². The van der Waals surface area contributed by atoms with Gasteiger partial charge < -0.3 is 15.4 Å². The number of hydrogen-bond acceptors (Lipinski definition) is 4. The zero-order valence-electron chi connectivity index (χ0n) is 14.5. The van der Waals surface area contributed by atoms with Gasteiger partial charge in [0.1, 0.15) is 5.75 Å². The number of fused-ring (bicyclic) bond motifs is 1. The molecule has 2 N–H and O–H groups in total. The van der Waals surface area contributed by atoms with Crippen LogP contribution in [0.5, 0.6) is 5.75 Å². The Morgan fingerprint density at radius 3 is 2.67 bits per heavy atom. The molecule has 0 fully saturated rings. The number of carbonyl (C=O) groups is 2. The van der Waals surface area contributed by atoms with Gasteiger partial charge in [0.2, 0.25) is 0 Å². The third-order valence-corrected chi connectivity index (χ3v) is 4.33. The molecule has 0 saturated carbocycles. The molecule has 7 nitrogen and oxygen atoms in total. The summed E-state index contributed by atoms with van der Waals surface area (Å²) in [7, 11) is 0. The summed E-state index contributed by atoms with van der Waals surface area (Å²) in [6.07, 6.45) is 3.77. The van der Waals surface area contributed by atoms with Crippen LogP contribution in [0, 0.1) is 0 Å². The maximum Gasteiger partial charge on any atom is 0.313 e. The van der Waals surface area contributed by atoms with Gasteiger partial charge in [-0.15, -0.1) is 0 Å². The van der Waals surface area contributed by atoms with Crippen molar-refractivity contribution in [1.29, 1.82) is 0 Å². The van der Waals surface area contributed by atoms with Crippen molar-refractivity contribution in [2.75, 3.05) is 11.9 Å². The number of amides is 2. The standard InChI is InChI=1S/C20H18N4O3/c25-19(22-14-12-21-24(13-14)15-6-2-1-3-7-15)20(26)23-17-10-11-27-18-9-5-4-8-16(17)18/h1-9,12-13,17H,10-11H2,(H,22,25)(H,23,26)/t17-/m1/s1. The largest absolute Gasteiger partial charge is 0.493 e. The Hall–Kier alpha value is -3.61. The lowest BCUT2D eigenvalue weighted by atomic mass is 10.0. The number of anilines is 1. The number of carbonyl (C=O) groups excluding carboxylic acids is 2. The summed E-state index contributed by atoms with van der Waals surface area (Å²) in [5.74, 6) is -0.686. The summed E-state index contributed by atoms with van der Waals surface area (Å²) < 4.78 is 7.20. The number of para-hydroxylation sites is 2. The Labute approximate surface area is 156 Å². The fourth-order valence-electron chi connectivity index (χ4n) is 3.01. The Kier molecular flexibility index (Phi) is 4.57. The van der Waals surface area contributed by atoms with Crippen molar-refractivity contribution >= 4 is 17.5 Å². The van der Waals surface area contributed by atoms with Crippen molar-refractivity contribution in [2.24, 2.45) is 0 Å². The Morgan fingerprint density at radius 2 is 1.81 bits per heavy atom. The Bertz CT molecular complexity index is 968. The number of hydrogen-bond donors (Lipinski definition) is 2. The van der Waals surface area contributed by atoms with E-state index in [1.807, 2.05) is 54.6 Å². The minimum Gasteiger partial charge on any atom is -0.493 e. The minimum absolute atomic E-state index is 0.250. The quantitative estimate of drug-likeness (QED) is 0.701. The maximum absolute atomic E-state index is 12.3. The lowest BCUT2D eigenvalue weighted by molar-refractivity contribution is -0.136. The highest BCUT2D eigenvalue weighted by molar-refractivity contribution is 6.39. The Balaban J connectivity index is 1.41. The van der Waals surface area contributed by atoms with Crippen LogP contribution in [-0.2, 0) is 9.59 Å². The highest BCUT2D eigenvalue weighted by Crippen LogP contribution is 2.31. The predicted molar refractivity (Wildman–Crippen MR) is 99.6 cm³/mol. The molecule has 2 heterocycles. The SMILES string of the molecule is O=C(Nc1cnn(-c2ccccc2)c1)C(=O)N[C@@H]1CCOc2ccccc21. The average Bonchev–Trinajstić information content (AvgIpc) is 3.17. The molecule has 0 aliphatic carbocycles. The third kappa shape index (κ3) is 3.67. The summed E-state index contributed by atoms with van der Waals surface area (Å²) >= 11 is 0. The van der Waals surface area contributed by atoms with Gasteiger partial charge in [0, 0.05) is 12.0 Å². The molecule has 136 valence electrons. The Morgan fingerprint density at radius 1 is 1.04 bits per heavy atom. The molecule has 1 aliphatic heterocycles. The number of nitrogens with one attached hydrogen (secondary N) is 2. The first-order valence-corrected chi connectivity index (χ1v) is 8.64. The van der Waals surface area contributed by atoms with Crippen molar-refractivity contribution in [3.63, 3.8) is 0 Å². The second-order valence-corrected chi connectivity index (χ2v) is 6.16. The smallest absolute Gasteiger partial charge is 0.313 e. The van der Waals surface area contributed by atoms with Crippen molar-refractivity contribution in [3.05, 3.63) is 72.6 Å². The van der Waals surface area contributed by atoms with Crippen molar-refractivity contribution in [2.45, 2.75) is 12.5 Å².